The Morgan fingerprint density at radius 1 is 0.657 bits per heavy atom. The first-order valence-electron chi connectivity index (χ1n) is 11.9. The zero-order valence-electron chi connectivity index (χ0n) is 21.5. The van der Waals surface area contributed by atoms with E-state index in [-0.39, 0.29) is 46.1 Å². The Labute approximate surface area is 209 Å². The van der Waals surface area contributed by atoms with Gasteiger partial charge in [0.05, 0.1) is 39.6 Å². The third-order valence-electron chi connectivity index (χ3n) is 4.57. The van der Waals surface area contributed by atoms with Crippen LogP contribution >= 0.6 is 22.8 Å². The molecule has 0 saturated heterocycles. The number of benzene rings is 1. The molecule has 0 spiro atoms. The van der Waals surface area contributed by atoms with Crippen LogP contribution in [0.15, 0.2) is 35.3 Å². The highest BCUT2D eigenvalue weighted by Crippen LogP contribution is 2.73. The van der Waals surface area contributed by atoms with Crippen LogP contribution in [0.1, 0.15) is 53.5 Å². The van der Waals surface area contributed by atoms with Crippen LogP contribution in [0.4, 0.5) is 0 Å². The van der Waals surface area contributed by atoms with Crippen molar-refractivity contribution >= 4 is 29.0 Å². The van der Waals surface area contributed by atoms with Crippen molar-refractivity contribution < 1.29 is 40.8 Å². The fourth-order valence-electron chi connectivity index (χ4n) is 3.31. The number of hydrogen-bond donors (Lipinski definition) is 0. The minimum absolute atomic E-state index is 0.0263. The first kappa shape index (κ1) is 32.4. The summed E-state index contributed by atoms with van der Waals surface area (Å²) in [6.07, 6.45) is 1.21. The van der Waals surface area contributed by atoms with E-state index in [2.05, 4.69) is 4.99 Å². The second-order valence-corrected chi connectivity index (χ2v) is 14.1. The summed E-state index contributed by atoms with van der Waals surface area (Å²) in [4.78, 5) is 4.51. The zero-order chi connectivity index (χ0) is 26.4. The van der Waals surface area contributed by atoms with E-state index in [1.807, 2.05) is 30.3 Å². The molecule has 1 aromatic carbocycles. The number of hydrogen-bond acceptors (Lipinski definition) is 10. The summed E-state index contributed by atoms with van der Waals surface area (Å²) in [5.74, 6) is -1.18. The van der Waals surface area contributed by atoms with Gasteiger partial charge >= 0.3 is 22.8 Å². The zero-order valence-corrected chi connectivity index (χ0v) is 24.2. The maximum absolute atomic E-state index is 14.0. The molecule has 0 aliphatic heterocycles. The lowest BCUT2D eigenvalue weighted by Gasteiger charge is -2.34. The average Bonchev–Trinajstić information content (AvgIpc) is 2.80. The van der Waals surface area contributed by atoms with Crippen LogP contribution in [0, 0.1) is 0 Å². The topological polar surface area (TPSA) is 119 Å². The quantitative estimate of drug-likeness (QED) is 0.132. The summed E-state index contributed by atoms with van der Waals surface area (Å²) in [7, 11) is -12.1. The van der Waals surface area contributed by atoms with E-state index in [1.165, 1.54) is 6.21 Å². The molecule has 0 bridgehead atoms. The lowest BCUT2D eigenvalue weighted by molar-refractivity contribution is 0.190. The fourth-order valence-corrected chi connectivity index (χ4v) is 10.9. The summed E-state index contributed by atoms with van der Waals surface area (Å²) >= 11 is 0. The van der Waals surface area contributed by atoms with Gasteiger partial charge in [0.1, 0.15) is 0 Å². The number of rotatable bonds is 19. The third kappa shape index (κ3) is 9.62. The predicted octanol–water partition coefficient (Wildman–Crippen LogP) is 6.95. The molecule has 1 unspecified atom stereocenters. The lowest BCUT2D eigenvalue weighted by atomic mass is 10.2. The Morgan fingerprint density at radius 3 is 1.40 bits per heavy atom. The predicted molar refractivity (Wildman–Crippen MR) is 139 cm³/mol. The minimum atomic E-state index is -4.09. The van der Waals surface area contributed by atoms with Crippen molar-refractivity contribution in [1.82, 2.24) is 0 Å². The van der Waals surface area contributed by atoms with Gasteiger partial charge in [-0.1, -0.05) is 30.3 Å². The fraction of sp³-hybridized carbons (Fsp3) is 0.682. The molecule has 0 N–H and O–H groups in total. The van der Waals surface area contributed by atoms with E-state index in [4.69, 9.17) is 27.1 Å². The van der Waals surface area contributed by atoms with Gasteiger partial charge in [-0.15, -0.1) is 0 Å². The molecule has 0 saturated carbocycles. The highest BCUT2D eigenvalue weighted by atomic mass is 31.2. The molecule has 35 heavy (non-hydrogen) atoms. The van der Waals surface area contributed by atoms with Crippen LogP contribution in [0.25, 0.3) is 0 Å². The minimum Gasteiger partial charge on any atom is -0.308 e. The van der Waals surface area contributed by atoms with Gasteiger partial charge in [-0.3, -0.25) is 18.7 Å². The first-order valence-corrected chi connectivity index (χ1v) is 16.8. The average molecular weight is 555 g/mol. The van der Waals surface area contributed by atoms with E-state index in [0.29, 0.717) is 0 Å². The van der Waals surface area contributed by atoms with Crippen molar-refractivity contribution in [2.24, 2.45) is 4.99 Å². The second kappa shape index (κ2) is 16.2. The monoisotopic (exact) mass is 555 g/mol. The van der Waals surface area contributed by atoms with Gasteiger partial charge in [0.15, 0.2) is 11.2 Å². The molecule has 202 valence electrons. The molecule has 13 heteroatoms. The first-order chi connectivity index (χ1) is 16.7. The van der Waals surface area contributed by atoms with E-state index in [0.717, 1.165) is 5.56 Å². The Balaban J connectivity index is 3.70. The van der Waals surface area contributed by atoms with Crippen molar-refractivity contribution in [2.45, 2.75) is 59.1 Å². The van der Waals surface area contributed by atoms with Gasteiger partial charge in [0.25, 0.3) is 0 Å². The molecule has 0 aliphatic rings. The van der Waals surface area contributed by atoms with Crippen LogP contribution in [0.5, 0.6) is 0 Å². The molecule has 1 atom stereocenters. The van der Waals surface area contributed by atoms with Crippen LogP contribution in [-0.4, -0.2) is 57.0 Å². The summed E-state index contributed by atoms with van der Waals surface area (Å²) in [5, 5.41) is -1.41. The Morgan fingerprint density at radius 2 is 1.03 bits per heavy atom. The highest BCUT2D eigenvalue weighted by Gasteiger charge is 2.54. The smallest absolute Gasteiger partial charge is 0.308 e. The van der Waals surface area contributed by atoms with Crippen LogP contribution < -0.4 is 0 Å². The van der Waals surface area contributed by atoms with E-state index >= 15 is 0 Å². The van der Waals surface area contributed by atoms with Crippen LogP contribution in [0.3, 0.4) is 0 Å². The molecule has 10 nitrogen and oxygen atoms in total. The largest absolute Gasteiger partial charge is 0.354 e. The van der Waals surface area contributed by atoms with Crippen molar-refractivity contribution in [3.05, 3.63) is 35.9 Å². The lowest BCUT2D eigenvalue weighted by Crippen LogP contribution is -2.24. The number of nitrogens with zero attached hydrogens (tertiary/aromatic N) is 1. The van der Waals surface area contributed by atoms with E-state index < -0.39 is 34.0 Å². The summed E-state index contributed by atoms with van der Waals surface area (Å²) in [6, 6.07) is 9.17. The molecule has 0 aliphatic carbocycles. The van der Waals surface area contributed by atoms with Gasteiger partial charge in [0.2, 0.25) is 0 Å². The highest BCUT2D eigenvalue weighted by molar-refractivity contribution is 7.72. The van der Waals surface area contributed by atoms with Gasteiger partial charge in [-0.2, -0.15) is 0 Å². The van der Waals surface area contributed by atoms with Gasteiger partial charge in [0, 0.05) is 12.6 Å². The van der Waals surface area contributed by atoms with Gasteiger partial charge < -0.3 is 27.1 Å². The Bertz CT molecular complexity index is 837. The van der Waals surface area contributed by atoms with Gasteiger partial charge in [-0.25, -0.2) is 0 Å². The van der Waals surface area contributed by atoms with E-state index in [9.17, 15) is 13.7 Å². The van der Waals surface area contributed by atoms with Crippen molar-refractivity contribution in [1.29, 1.82) is 0 Å². The normalized spacial score (nSPS) is 14.1. The molecule has 0 amide bonds. The van der Waals surface area contributed by atoms with Gasteiger partial charge in [-0.05, 0) is 47.1 Å². The third-order valence-corrected chi connectivity index (χ3v) is 12.9. The second-order valence-electron chi connectivity index (χ2n) is 7.01. The van der Waals surface area contributed by atoms with Crippen molar-refractivity contribution in [3.8, 4) is 0 Å². The van der Waals surface area contributed by atoms with Crippen molar-refractivity contribution in [3.63, 3.8) is 0 Å². The SMILES string of the molecule is CCOP(=O)(OCC)C(CC(P(=O)(OCC)OCC)P(=O)(OCC)OCC)/N=C/c1ccccc1. The summed E-state index contributed by atoms with van der Waals surface area (Å²) in [6.45, 7) is 10.2. The molecule has 1 aromatic rings. The summed E-state index contributed by atoms with van der Waals surface area (Å²) < 4.78 is 75.1. The molecular formula is C22H40NO9P3. The van der Waals surface area contributed by atoms with Crippen molar-refractivity contribution in [2.75, 3.05) is 39.6 Å². The maximum Gasteiger partial charge on any atom is 0.354 e. The summed E-state index contributed by atoms with van der Waals surface area (Å²) in [5.41, 5.74) is 0.740. The number of aliphatic imine (C=N–C) groups is 1. The molecule has 1 rings (SSSR count). The van der Waals surface area contributed by atoms with E-state index in [1.54, 1.807) is 41.5 Å². The molecular weight excluding hydrogens is 515 g/mol. The van der Waals surface area contributed by atoms with Crippen LogP contribution in [-0.2, 0) is 40.8 Å². The Hall–Kier alpha value is -0.660. The molecule has 0 radical (unpaired) electrons. The standard InChI is InChI=1S/C22H40NO9P3/c1-7-27-33(24,28-8-2)21(23-19-20-16-14-13-15-17-20)18-22(34(25,29-9-3)30-10-4)35(26,31-11-5)32-12-6/h13-17,19,21-22H,7-12,18H2,1-6H3/b23-19+. The Kier molecular flexibility index (Phi) is 15.0. The molecule has 0 aromatic heterocycles. The maximum atomic E-state index is 14.0. The molecule has 0 heterocycles. The molecule has 0 fully saturated rings. The van der Waals surface area contributed by atoms with Crippen LogP contribution in [0.2, 0.25) is 0 Å².